The second-order valence-electron chi connectivity index (χ2n) is 7.98. The molecule has 0 aliphatic carbocycles. The summed E-state index contributed by atoms with van der Waals surface area (Å²) in [6.45, 7) is 6.64. The highest BCUT2D eigenvalue weighted by Crippen LogP contribution is 2.29. The van der Waals surface area contributed by atoms with Gasteiger partial charge in [0.25, 0.3) is 0 Å². The van der Waals surface area contributed by atoms with Crippen molar-refractivity contribution in [3.05, 3.63) is 54.6 Å². The second-order valence-corrected chi connectivity index (χ2v) is 11.0. The van der Waals surface area contributed by atoms with Crippen LogP contribution in [0.5, 0.6) is 0 Å². The summed E-state index contributed by atoms with van der Waals surface area (Å²) in [5.74, 6) is -1.51. The van der Waals surface area contributed by atoms with E-state index in [4.69, 9.17) is 4.74 Å². The molecule has 0 bridgehead atoms. The van der Waals surface area contributed by atoms with Crippen molar-refractivity contribution in [3.8, 4) is 0 Å². The van der Waals surface area contributed by atoms with Gasteiger partial charge in [-0.15, -0.1) is 0 Å². The number of carbonyl (C=O) groups is 1. The van der Waals surface area contributed by atoms with Crippen LogP contribution in [0.2, 0.25) is 0 Å². The molecule has 32 heavy (non-hydrogen) atoms. The summed E-state index contributed by atoms with van der Waals surface area (Å²) in [6, 6.07) is 15.3. The number of carboxylic acid groups (broad SMARTS) is 1. The van der Waals surface area contributed by atoms with Crippen LogP contribution in [-0.2, 0) is 19.6 Å². The minimum absolute atomic E-state index is 0.101. The van der Waals surface area contributed by atoms with Crippen LogP contribution < -0.4 is 0 Å². The van der Waals surface area contributed by atoms with Crippen LogP contribution in [0.4, 0.5) is 0 Å². The molecule has 0 aromatic heterocycles. The van der Waals surface area contributed by atoms with Crippen LogP contribution in [0.15, 0.2) is 69.3 Å². The van der Waals surface area contributed by atoms with Gasteiger partial charge in [0.15, 0.2) is 0 Å². The molecule has 1 atom stereocenters. The third kappa shape index (κ3) is 6.32. The zero-order chi connectivity index (χ0) is 23.1. The molecule has 3 rings (SSSR count). The highest BCUT2D eigenvalue weighted by Gasteiger charge is 2.38. The van der Waals surface area contributed by atoms with Crippen LogP contribution in [0.3, 0.4) is 0 Å². The number of ether oxygens (including phenoxy) is 1. The van der Waals surface area contributed by atoms with E-state index < -0.39 is 22.0 Å². The number of benzene rings is 2. The average Bonchev–Trinajstić information content (AvgIpc) is 2.77. The first-order valence-electron chi connectivity index (χ1n) is 10.7. The lowest BCUT2D eigenvalue weighted by Crippen LogP contribution is -2.51. The molecule has 0 spiro atoms. The monoisotopic (exact) mass is 478 g/mol. The highest BCUT2D eigenvalue weighted by atomic mass is 32.2. The van der Waals surface area contributed by atoms with E-state index in [2.05, 4.69) is 4.90 Å². The molecule has 0 saturated carbocycles. The molecule has 0 amide bonds. The normalized spacial score (nSPS) is 16.4. The zero-order valence-electron chi connectivity index (χ0n) is 18.4. The maximum Gasteiger partial charge on any atom is 0.322 e. The van der Waals surface area contributed by atoms with E-state index in [1.54, 1.807) is 38.1 Å². The van der Waals surface area contributed by atoms with Crippen molar-refractivity contribution >= 4 is 27.8 Å². The van der Waals surface area contributed by atoms with Crippen molar-refractivity contribution in [3.63, 3.8) is 0 Å². The fraction of sp³-hybridized carbons (Fsp3) is 0.435. The average molecular weight is 479 g/mol. The minimum Gasteiger partial charge on any atom is -0.480 e. The number of hydrogen-bond acceptors (Lipinski definition) is 6. The van der Waals surface area contributed by atoms with Gasteiger partial charge < -0.3 is 9.84 Å². The number of aliphatic carboxylic acids is 1. The van der Waals surface area contributed by atoms with Gasteiger partial charge in [0.2, 0.25) is 10.0 Å². The Labute approximate surface area is 194 Å². The third-order valence-corrected chi connectivity index (χ3v) is 8.26. The van der Waals surface area contributed by atoms with Crippen molar-refractivity contribution in [2.24, 2.45) is 5.92 Å². The van der Waals surface area contributed by atoms with Gasteiger partial charge in [-0.2, -0.15) is 4.31 Å². The summed E-state index contributed by atoms with van der Waals surface area (Å²) in [7, 11) is -4.00. The molecule has 1 N–H and O–H groups in total. The second kappa shape index (κ2) is 11.3. The van der Waals surface area contributed by atoms with E-state index in [1.165, 1.54) is 11.8 Å². The molecular formula is C23H30N2O5S2. The van der Waals surface area contributed by atoms with E-state index in [9.17, 15) is 18.3 Å². The van der Waals surface area contributed by atoms with Gasteiger partial charge in [-0.25, -0.2) is 8.42 Å². The standard InChI is InChI=1S/C23H30N2O5S2/c1-18(2)22(23(26)27)25(13-12-24-14-16-30-17-15-24)32(28,29)21-10-8-20(9-11-21)31-19-6-4-3-5-7-19/h3-11,18,22H,12-17H2,1-2H3,(H,26,27)/t22-/m1/s1. The van der Waals surface area contributed by atoms with Gasteiger partial charge in [-0.3, -0.25) is 9.69 Å². The van der Waals surface area contributed by atoms with E-state index in [0.29, 0.717) is 32.8 Å². The molecule has 0 radical (unpaired) electrons. The maximum atomic E-state index is 13.5. The summed E-state index contributed by atoms with van der Waals surface area (Å²) in [5.41, 5.74) is 0. The number of morpholine rings is 1. The van der Waals surface area contributed by atoms with Crippen LogP contribution >= 0.6 is 11.8 Å². The lowest BCUT2D eigenvalue weighted by atomic mass is 10.0. The summed E-state index contributed by atoms with van der Waals surface area (Å²) in [6.07, 6.45) is 0. The molecule has 2 aromatic rings. The first-order valence-corrected chi connectivity index (χ1v) is 12.9. The number of nitrogens with zero attached hydrogens (tertiary/aromatic N) is 2. The van der Waals surface area contributed by atoms with Gasteiger partial charge in [0, 0.05) is 36.0 Å². The Bertz CT molecular complexity index is 975. The maximum absolute atomic E-state index is 13.5. The molecule has 7 nitrogen and oxygen atoms in total. The Morgan fingerprint density at radius 3 is 2.22 bits per heavy atom. The number of sulfonamides is 1. The minimum atomic E-state index is -4.00. The van der Waals surface area contributed by atoms with Crippen LogP contribution in [0.25, 0.3) is 0 Å². The fourth-order valence-corrected chi connectivity index (χ4v) is 6.20. The van der Waals surface area contributed by atoms with Gasteiger partial charge in [0.1, 0.15) is 6.04 Å². The Morgan fingerprint density at radius 2 is 1.66 bits per heavy atom. The van der Waals surface area contributed by atoms with Gasteiger partial charge in [0.05, 0.1) is 18.1 Å². The molecule has 9 heteroatoms. The summed E-state index contributed by atoms with van der Waals surface area (Å²) in [5, 5.41) is 9.83. The zero-order valence-corrected chi connectivity index (χ0v) is 20.0. The molecule has 1 aliphatic heterocycles. The smallest absolute Gasteiger partial charge is 0.322 e. The molecular weight excluding hydrogens is 448 g/mol. The van der Waals surface area contributed by atoms with Gasteiger partial charge in [-0.05, 0) is 42.3 Å². The third-order valence-electron chi connectivity index (χ3n) is 5.34. The Balaban J connectivity index is 1.83. The quantitative estimate of drug-likeness (QED) is 0.561. The predicted molar refractivity (Wildman–Crippen MR) is 124 cm³/mol. The summed E-state index contributed by atoms with van der Waals surface area (Å²) in [4.78, 5) is 16.2. The van der Waals surface area contributed by atoms with Crippen LogP contribution in [0.1, 0.15) is 13.8 Å². The highest BCUT2D eigenvalue weighted by molar-refractivity contribution is 7.99. The van der Waals surface area contributed by atoms with E-state index >= 15 is 0 Å². The topological polar surface area (TPSA) is 87.2 Å². The molecule has 1 fully saturated rings. The Kier molecular flexibility index (Phi) is 8.72. The number of hydrogen-bond donors (Lipinski definition) is 1. The van der Waals surface area contributed by atoms with Crippen LogP contribution in [0, 0.1) is 5.92 Å². The first-order chi connectivity index (χ1) is 15.3. The van der Waals surface area contributed by atoms with E-state index in [0.717, 1.165) is 14.1 Å². The van der Waals surface area contributed by atoms with E-state index in [1.807, 2.05) is 30.3 Å². The molecule has 1 aliphatic rings. The summed E-state index contributed by atoms with van der Waals surface area (Å²) >= 11 is 1.54. The van der Waals surface area contributed by atoms with E-state index in [-0.39, 0.29) is 17.4 Å². The van der Waals surface area contributed by atoms with Crippen molar-refractivity contribution in [1.29, 1.82) is 0 Å². The molecule has 1 heterocycles. The lowest BCUT2D eigenvalue weighted by molar-refractivity contribution is -0.143. The Morgan fingerprint density at radius 1 is 1.06 bits per heavy atom. The Hall–Kier alpha value is -1.91. The SMILES string of the molecule is CC(C)[C@H](C(=O)O)N(CCN1CCOCC1)S(=O)(=O)c1ccc(Sc2ccccc2)cc1. The molecule has 0 unspecified atom stereocenters. The fourth-order valence-electron chi connectivity index (χ4n) is 3.65. The predicted octanol–water partition coefficient (Wildman–Crippen LogP) is 3.27. The number of rotatable bonds is 10. The molecule has 174 valence electrons. The lowest BCUT2D eigenvalue weighted by Gasteiger charge is -2.33. The summed E-state index contributed by atoms with van der Waals surface area (Å²) < 4.78 is 33.6. The van der Waals surface area contributed by atoms with Crippen molar-refractivity contribution in [2.45, 2.75) is 34.6 Å². The van der Waals surface area contributed by atoms with Gasteiger partial charge in [-0.1, -0.05) is 43.8 Å². The van der Waals surface area contributed by atoms with Crippen molar-refractivity contribution in [2.75, 3.05) is 39.4 Å². The molecule has 2 aromatic carbocycles. The van der Waals surface area contributed by atoms with Crippen molar-refractivity contribution < 1.29 is 23.1 Å². The van der Waals surface area contributed by atoms with Gasteiger partial charge >= 0.3 is 5.97 Å². The number of carboxylic acids is 1. The van der Waals surface area contributed by atoms with Crippen LogP contribution in [-0.4, -0.2) is 74.1 Å². The first kappa shape index (κ1) is 24.7. The molecule has 1 saturated heterocycles. The largest absolute Gasteiger partial charge is 0.480 e. The van der Waals surface area contributed by atoms with Crippen molar-refractivity contribution in [1.82, 2.24) is 9.21 Å².